The van der Waals surface area contributed by atoms with Crippen molar-refractivity contribution >= 4 is 47.0 Å². The Morgan fingerprint density at radius 1 is 1.22 bits per heavy atom. The molecule has 9 heavy (non-hydrogen) atoms. The fourth-order valence-corrected chi connectivity index (χ4v) is 0.513. The van der Waals surface area contributed by atoms with E-state index in [1.807, 2.05) is 13.8 Å². The van der Waals surface area contributed by atoms with E-state index < -0.39 is 0 Å². The molecule has 0 saturated carbocycles. The maximum atomic E-state index is 4.79. The number of rotatable bonds is 2. The van der Waals surface area contributed by atoms with Crippen LogP contribution in [0, 0.1) is 0 Å². The Morgan fingerprint density at radius 2 is 1.56 bits per heavy atom. The summed E-state index contributed by atoms with van der Waals surface area (Å²) in [5.74, 6) is 0. The van der Waals surface area contributed by atoms with E-state index in [0.29, 0.717) is 13.2 Å². The number of hydrogen-bond acceptors (Lipinski definition) is 3. The standard InChI is InChI=1S/C5H10O2S.Na/c1-3-6-5(8)7-4-2;/h3-4H2,1-2H3;. The first-order valence-electron chi connectivity index (χ1n) is 2.60. The van der Waals surface area contributed by atoms with Gasteiger partial charge in [0.15, 0.2) is 0 Å². The molecule has 0 aliphatic heterocycles. The molecule has 0 aromatic carbocycles. The van der Waals surface area contributed by atoms with Gasteiger partial charge >= 0.3 is 5.24 Å². The molecule has 0 bridgehead atoms. The normalized spacial score (nSPS) is 7.33. The second kappa shape index (κ2) is 8.69. The molecule has 0 aliphatic rings. The molecule has 0 fully saturated rings. The van der Waals surface area contributed by atoms with Gasteiger partial charge in [-0.1, -0.05) is 0 Å². The van der Waals surface area contributed by atoms with E-state index in [9.17, 15) is 0 Å². The first-order valence-corrected chi connectivity index (χ1v) is 3.01. The van der Waals surface area contributed by atoms with Gasteiger partial charge in [-0.3, -0.25) is 0 Å². The molecule has 0 unspecified atom stereocenters. The molecule has 0 rings (SSSR count). The average molecular weight is 157 g/mol. The monoisotopic (exact) mass is 157 g/mol. The van der Waals surface area contributed by atoms with E-state index in [-0.39, 0.29) is 34.8 Å². The van der Waals surface area contributed by atoms with Gasteiger partial charge in [-0.15, -0.1) is 0 Å². The molecule has 0 saturated heterocycles. The molecular formula is C5H10NaO2S. The van der Waals surface area contributed by atoms with Gasteiger partial charge < -0.3 is 9.47 Å². The van der Waals surface area contributed by atoms with Gasteiger partial charge in [0.05, 0.1) is 13.2 Å². The molecule has 0 aromatic heterocycles. The Labute approximate surface area is 83.2 Å². The van der Waals surface area contributed by atoms with Crippen molar-refractivity contribution in [3.05, 3.63) is 0 Å². The molecule has 0 amide bonds. The number of thiocarbonyl (C=S) groups is 1. The molecule has 0 aliphatic carbocycles. The molecule has 0 N–H and O–H groups in total. The smallest absolute Gasteiger partial charge is 0.352 e. The Balaban J connectivity index is 0. The van der Waals surface area contributed by atoms with Crippen molar-refractivity contribution < 1.29 is 9.47 Å². The van der Waals surface area contributed by atoms with Crippen LogP contribution in [0.1, 0.15) is 13.8 Å². The SMILES string of the molecule is CCOC(=S)OCC.[Na]. The van der Waals surface area contributed by atoms with Crippen molar-refractivity contribution in [2.75, 3.05) is 13.2 Å². The van der Waals surface area contributed by atoms with Gasteiger partial charge in [-0.25, -0.2) is 0 Å². The van der Waals surface area contributed by atoms with Crippen molar-refractivity contribution in [3.63, 3.8) is 0 Å². The van der Waals surface area contributed by atoms with E-state index >= 15 is 0 Å². The Bertz CT molecular complexity index is 69.4. The minimum absolute atomic E-state index is 0. The van der Waals surface area contributed by atoms with Crippen LogP contribution in [0.3, 0.4) is 0 Å². The summed E-state index contributed by atoms with van der Waals surface area (Å²) in [6.07, 6.45) is 0. The first-order chi connectivity index (χ1) is 3.81. The van der Waals surface area contributed by atoms with E-state index in [2.05, 4.69) is 12.2 Å². The van der Waals surface area contributed by atoms with Gasteiger partial charge in [0, 0.05) is 41.8 Å². The Hall–Kier alpha value is 0.690. The van der Waals surface area contributed by atoms with Crippen LogP contribution < -0.4 is 0 Å². The summed E-state index contributed by atoms with van der Waals surface area (Å²) in [4.78, 5) is 0. The van der Waals surface area contributed by atoms with Gasteiger partial charge in [0.2, 0.25) is 0 Å². The second-order valence-corrected chi connectivity index (χ2v) is 1.45. The van der Waals surface area contributed by atoms with Crippen LogP contribution in [0.15, 0.2) is 0 Å². The zero-order valence-corrected chi connectivity index (χ0v) is 8.96. The molecular weight excluding hydrogens is 147 g/mol. The molecule has 4 heteroatoms. The van der Waals surface area contributed by atoms with Crippen LogP contribution in [0.4, 0.5) is 0 Å². The molecule has 0 aromatic rings. The van der Waals surface area contributed by atoms with Crippen LogP contribution in [0.2, 0.25) is 0 Å². The number of hydrogen-bond donors (Lipinski definition) is 0. The van der Waals surface area contributed by atoms with E-state index in [4.69, 9.17) is 9.47 Å². The average Bonchev–Trinajstić information content (AvgIpc) is 1.68. The molecule has 1 radical (unpaired) electrons. The minimum Gasteiger partial charge on any atom is -0.457 e. The molecule has 0 spiro atoms. The van der Waals surface area contributed by atoms with Crippen molar-refractivity contribution in [1.82, 2.24) is 0 Å². The molecule has 2 nitrogen and oxygen atoms in total. The third-order valence-electron chi connectivity index (χ3n) is 0.524. The quantitative estimate of drug-likeness (QED) is 0.439. The second-order valence-electron chi connectivity index (χ2n) is 1.12. The molecule has 0 atom stereocenters. The zero-order valence-electron chi connectivity index (χ0n) is 6.14. The zero-order chi connectivity index (χ0) is 6.41. The van der Waals surface area contributed by atoms with Gasteiger partial charge in [-0.2, -0.15) is 0 Å². The van der Waals surface area contributed by atoms with E-state index in [1.54, 1.807) is 0 Å². The van der Waals surface area contributed by atoms with Crippen molar-refractivity contribution in [3.8, 4) is 0 Å². The molecule has 49 valence electrons. The predicted molar refractivity (Wildman–Crippen MR) is 41.6 cm³/mol. The van der Waals surface area contributed by atoms with Crippen molar-refractivity contribution in [1.29, 1.82) is 0 Å². The third-order valence-corrected chi connectivity index (χ3v) is 0.760. The summed E-state index contributed by atoms with van der Waals surface area (Å²) >= 11 is 4.61. The van der Waals surface area contributed by atoms with E-state index in [0.717, 1.165) is 0 Å². The summed E-state index contributed by atoms with van der Waals surface area (Å²) in [7, 11) is 0. The molecule has 0 heterocycles. The largest absolute Gasteiger partial charge is 0.457 e. The van der Waals surface area contributed by atoms with Gasteiger partial charge in [-0.05, 0) is 13.8 Å². The summed E-state index contributed by atoms with van der Waals surface area (Å²) in [6.45, 7) is 4.90. The van der Waals surface area contributed by atoms with Crippen LogP contribution in [0.25, 0.3) is 0 Å². The Kier molecular flexibility index (Phi) is 11.9. The summed E-state index contributed by atoms with van der Waals surface area (Å²) in [5, 5.41) is 0.245. The van der Waals surface area contributed by atoms with Crippen LogP contribution in [0.5, 0.6) is 0 Å². The van der Waals surface area contributed by atoms with Crippen LogP contribution in [-0.4, -0.2) is 48.0 Å². The van der Waals surface area contributed by atoms with E-state index in [1.165, 1.54) is 0 Å². The minimum atomic E-state index is 0. The van der Waals surface area contributed by atoms with Gasteiger partial charge in [0.1, 0.15) is 0 Å². The maximum Gasteiger partial charge on any atom is 0.352 e. The third kappa shape index (κ3) is 8.69. The number of ether oxygens (including phenoxy) is 2. The van der Waals surface area contributed by atoms with Crippen LogP contribution in [-0.2, 0) is 9.47 Å². The predicted octanol–water partition coefficient (Wildman–Crippen LogP) is 0.964. The fourth-order valence-electron chi connectivity index (χ4n) is 0.277. The maximum absolute atomic E-state index is 4.79. The van der Waals surface area contributed by atoms with Gasteiger partial charge in [0.25, 0.3) is 0 Å². The summed E-state index contributed by atoms with van der Waals surface area (Å²) in [5.41, 5.74) is 0. The fraction of sp³-hybridized carbons (Fsp3) is 0.800. The van der Waals surface area contributed by atoms with Crippen molar-refractivity contribution in [2.45, 2.75) is 13.8 Å². The Morgan fingerprint density at radius 3 is 1.78 bits per heavy atom. The van der Waals surface area contributed by atoms with Crippen LogP contribution >= 0.6 is 12.2 Å². The summed E-state index contributed by atoms with van der Waals surface area (Å²) in [6, 6.07) is 0. The first kappa shape index (κ1) is 12.4. The topological polar surface area (TPSA) is 18.5 Å². The van der Waals surface area contributed by atoms with Crippen molar-refractivity contribution in [2.24, 2.45) is 0 Å². The summed E-state index contributed by atoms with van der Waals surface area (Å²) < 4.78 is 9.58.